The predicted octanol–water partition coefficient (Wildman–Crippen LogP) is 2.50. The smallest absolute Gasteiger partial charge is 0.326 e. The largest absolute Gasteiger partial charge is 0.451 e. The molecule has 1 heterocycles. The van der Waals surface area contributed by atoms with E-state index in [9.17, 15) is 22.8 Å². The number of thiophene rings is 1. The molecule has 9 nitrogen and oxygen atoms in total. The number of benzene rings is 2. The van der Waals surface area contributed by atoms with Gasteiger partial charge in [-0.25, -0.2) is 13.6 Å². The second-order valence-corrected chi connectivity index (χ2v) is 9.61. The van der Waals surface area contributed by atoms with Crippen LogP contribution in [0.5, 0.6) is 0 Å². The number of anilines is 1. The third-order valence-electron chi connectivity index (χ3n) is 4.26. The van der Waals surface area contributed by atoms with Crippen molar-refractivity contribution in [2.45, 2.75) is 17.9 Å². The van der Waals surface area contributed by atoms with Crippen LogP contribution >= 0.6 is 22.9 Å². The minimum absolute atomic E-state index is 0.107. The SMILES string of the molecule is C[C@@H](OC(=O)CNC(=O)c1sc2ccccc2c1Cl)C(=O)Nc1ccc(S(N)(=O)=O)cc1. The Balaban J connectivity index is 1.52. The molecule has 2 aromatic carbocycles. The summed E-state index contributed by atoms with van der Waals surface area (Å²) in [6.07, 6.45) is -1.16. The summed E-state index contributed by atoms with van der Waals surface area (Å²) in [5.74, 6) is -1.98. The summed E-state index contributed by atoms with van der Waals surface area (Å²) in [5, 5.41) is 11.0. The maximum atomic E-state index is 12.4. The fourth-order valence-corrected chi connectivity index (χ4v) is 4.61. The number of nitrogens with two attached hydrogens (primary N) is 1. The molecule has 1 atom stereocenters. The lowest BCUT2D eigenvalue weighted by Gasteiger charge is -2.14. The molecule has 0 bridgehead atoms. The molecule has 12 heteroatoms. The number of sulfonamides is 1. The number of carbonyl (C=O) groups is 3. The zero-order valence-electron chi connectivity index (χ0n) is 16.6. The standard InChI is InChI=1S/C20H18ClN3O6S2/c1-11(19(26)24-12-6-8-13(9-7-12)32(22,28)29)30-16(25)10-23-20(27)18-17(21)14-4-2-3-5-15(14)31-18/h2-9,11H,10H2,1H3,(H,23,27)(H,24,26)(H2,22,28,29)/t11-/m1/s1. The van der Waals surface area contributed by atoms with E-state index in [1.54, 1.807) is 12.1 Å². The molecule has 0 aliphatic rings. The highest BCUT2D eigenvalue weighted by Gasteiger charge is 2.21. The number of halogens is 1. The molecule has 4 N–H and O–H groups in total. The first kappa shape index (κ1) is 23.7. The van der Waals surface area contributed by atoms with Crippen molar-refractivity contribution in [3.63, 3.8) is 0 Å². The number of nitrogens with one attached hydrogen (secondary N) is 2. The summed E-state index contributed by atoms with van der Waals surface area (Å²) in [5.41, 5.74) is 0.290. The molecule has 0 saturated carbocycles. The Bertz CT molecular complexity index is 1290. The zero-order chi connectivity index (χ0) is 23.5. The summed E-state index contributed by atoms with van der Waals surface area (Å²) in [4.78, 5) is 36.8. The first-order chi connectivity index (χ1) is 15.1. The fraction of sp³-hybridized carbons (Fsp3) is 0.150. The average Bonchev–Trinajstić information content (AvgIpc) is 3.08. The van der Waals surface area contributed by atoms with Crippen molar-refractivity contribution >= 4 is 66.5 Å². The van der Waals surface area contributed by atoms with Gasteiger partial charge in [0.15, 0.2) is 6.10 Å². The minimum atomic E-state index is -3.85. The normalized spacial score (nSPS) is 12.2. The van der Waals surface area contributed by atoms with Crippen molar-refractivity contribution in [1.29, 1.82) is 0 Å². The average molecular weight is 496 g/mol. The fourth-order valence-electron chi connectivity index (χ4n) is 2.66. The third-order valence-corrected chi connectivity index (χ3v) is 6.87. The van der Waals surface area contributed by atoms with E-state index in [-0.39, 0.29) is 15.5 Å². The molecule has 0 aliphatic heterocycles. The number of primary sulfonamides is 1. The molecule has 0 spiro atoms. The first-order valence-electron chi connectivity index (χ1n) is 9.14. The molecule has 0 unspecified atom stereocenters. The van der Waals surface area contributed by atoms with Crippen LogP contribution in [0, 0.1) is 0 Å². The van der Waals surface area contributed by atoms with Gasteiger partial charge in [0.1, 0.15) is 11.4 Å². The van der Waals surface area contributed by atoms with Gasteiger partial charge in [0.05, 0.1) is 9.92 Å². The number of hydrogen-bond donors (Lipinski definition) is 3. The van der Waals surface area contributed by atoms with Crippen molar-refractivity contribution in [3.05, 3.63) is 58.4 Å². The predicted molar refractivity (Wildman–Crippen MR) is 121 cm³/mol. The molecule has 0 radical (unpaired) electrons. The molecular weight excluding hydrogens is 478 g/mol. The van der Waals surface area contributed by atoms with Crippen molar-refractivity contribution < 1.29 is 27.5 Å². The second kappa shape index (κ2) is 9.65. The number of esters is 1. The van der Waals surface area contributed by atoms with Crippen LogP contribution < -0.4 is 15.8 Å². The van der Waals surface area contributed by atoms with Crippen LogP contribution in [0.15, 0.2) is 53.4 Å². The molecule has 32 heavy (non-hydrogen) atoms. The van der Waals surface area contributed by atoms with E-state index in [4.69, 9.17) is 21.5 Å². The van der Waals surface area contributed by atoms with Gasteiger partial charge in [-0.1, -0.05) is 29.8 Å². The topological polar surface area (TPSA) is 145 Å². The molecule has 3 aromatic rings. The number of amides is 2. The van der Waals surface area contributed by atoms with Crippen LogP contribution in [0.2, 0.25) is 5.02 Å². The number of hydrogen-bond acceptors (Lipinski definition) is 7. The van der Waals surface area contributed by atoms with E-state index in [1.807, 2.05) is 12.1 Å². The quantitative estimate of drug-likeness (QED) is 0.429. The summed E-state index contributed by atoms with van der Waals surface area (Å²) < 4.78 is 28.4. The number of fused-ring (bicyclic) bond motifs is 1. The Morgan fingerprint density at radius 1 is 1.12 bits per heavy atom. The van der Waals surface area contributed by atoms with Gasteiger partial charge in [0, 0.05) is 15.8 Å². The monoisotopic (exact) mass is 495 g/mol. The second-order valence-electron chi connectivity index (χ2n) is 6.61. The lowest BCUT2D eigenvalue weighted by Crippen LogP contribution is -2.35. The van der Waals surface area contributed by atoms with E-state index in [0.717, 1.165) is 10.1 Å². The van der Waals surface area contributed by atoms with Crippen LogP contribution in [0.3, 0.4) is 0 Å². The van der Waals surface area contributed by atoms with Crippen molar-refractivity contribution in [1.82, 2.24) is 5.32 Å². The summed E-state index contributed by atoms with van der Waals surface area (Å²) in [6.45, 7) is 0.903. The maximum Gasteiger partial charge on any atom is 0.326 e. The Kier molecular flexibility index (Phi) is 7.14. The van der Waals surface area contributed by atoms with Gasteiger partial charge >= 0.3 is 5.97 Å². The summed E-state index contributed by atoms with van der Waals surface area (Å²) >= 11 is 7.45. The van der Waals surface area contributed by atoms with Gasteiger partial charge in [-0.2, -0.15) is 0 Å². The number of carbonyl (C=O) groups excluding carboxylic acids is 3. The highest BCUT2D eigenvalue weighted by molar-refractivity contribution is 7.89. The van der Waals surface area contributed by atoms with Crippen LogP contribution in [0.4, 0.5) is 5.69 Å². The van der Waals surface area contributed by atoms with Gasteiger partial charge < -0.3 is 15.4 Å². The summed E-state index contributed by atoms with van der Waals surface area (Å²) in [7, 11) is -3.85. The lowest BCUT2D eigenvalue weighted by molar-refractivity contribution is -0.152. The van der Waals surface area contributed by atoms with Gasteiger partial charge in [-0.3, -0.25) is 14.4 Å². The molecule has 2 amide bonds. The Labute approximate surface area is 192 Å². The van der Waals surface area contributed by atoms with Crippen LogP contribution in [0.1, 0.15) is 16.6 Å². The van der Waals surface area contributed by atoms with Crippen molar-refractivity contribution in [2.75, 3.05) is 11.9 Å². The number of ether oxygens (including phenoxy) is 1. The highest BCUT2D eigenvalue weighted by atomic mass is 35.5. The van der Waals surface area contributed by atoms with Crippen LogP contribution in [-0.2, 0) is 24.3 Å². The molecule has 168 valence electrons. The van der Waals surface area contributed by atoms with Gasteiger partial charge in [-0.15, -0.1) is 11.3 Å². The third kappa shape index (κ3) is 5.62. The Morgan fingerprint density at radius 3 is 2.41 bits per heavy atom. The van der Waals surface area contributed by atoms with E-state index < -0.39 is 40.5 Å². The lowest BCUT2D eigenvalue weighted by atomic mass is 10.2. The van der Waals surface area contributed by atoms with Gasteiger partial charge in [0.25, 0.3) is 11.8 Å². The van der Waals surface area contributed by atoms with Crippen molar-refractivity contribution in [2.24, 2.45) is 5.14 Å². The van der Waals surface area contributed by atoms with E-state index in [2.05, 4.69) is 10.6 Å². The van der Waals surface area contributed by atoms with Crippen LogP contribution in [0.25, 0.3) is 10.1 Å². The Hall–Kier alpha value is -2.99. The molecule has 0 aliphatic carbocycles. The first-order valence-corrected chi connectivity index (χ1v) is 11.9. The van der Waals surface area contributed by atoms with E-state index >= 15 is 0 Å². The summed E-state index contributed by atoms with van der Waals surface area (Å²) in [6, 6.07) is 12.4. The molecule has 3 rings (SSSR count). The minimum Gasteiger partial charge on any atom is -0.451 e. The van der Waals surface area contributed by atoms with Gasteiger partial charge in [-0.05, 0) is 37.3 Å². The Morgan fingerprint density at radius 2 is 1.78 bits per heavy atom. The van der Waals surface area contributed by atoms with Crippen molar-refractivity contribution in [3.8, 4) is 0 Å². The molecule has 0 saturated heterocycles. The van der Waals surface area contributed by atoms with Gasteiger partial charge in [0.2, 0.25) is 10.0 Å². The zero-order valence-corrected chi connectivity index (χ0v) is 19.0. The van der Waals surface area contributed by atoms with Crippen LogP contribution in [-0.4, -0.2) is 38.9 Å². The molecule has 0 fully saturated rings. The van der Waals surface area contributed by atoms with E-state index in [0.29, 0.717) is 5.02 Å². The number of rotatable bonds is 7. The molecule has 1 aromatic heterocycles. The highest BCUT2D eigenvalue weighted by Crippen LogP contribution is 2.34. The molecular formula is C20H18ClN3O6S2. The maximum absolute atomic E-state index is 12.4. The van der Waals surface area contributed by atoms with E-state index in [1.165, 1.54) is 42.5 Å².